The first-order valence-corrected chi connectivity index (χ1v) is 7.92. The molecule has 0 N–H and O–H groups in total. The van der Waals surface area contributed by atoms with Crippen LogP contribution < -0.4 is 0 Å². The van der Waals surface area contributed by atoms with E-state index in [1.54, 1.807) is 24.3 Å². The number of hydroxylamine groups is 2. The van der Waals surface area contributed by atoms with Crippen LogP contribution in [0, 0.1) is 5.92 Å². The number of hydrogen-bond acceptors (Lipinski definition) is 5. The summed E-state index contributed by atoms with van der Waals surface area (Å²) in [6.45, 7) is 5.71. The Kier molecular flexibility index (Phi) is 4.17. The molecule has 2 heterocycles. The molecule has 2 aliphatic heterocycles. The Labute approximate surface area is 135 Å². The number of amides is 2. The summed E-state index contributed by atoms with van der Waals surface area (Å²) in [5.74, 6) is -1.97. The summed E-state index contributed by atoms with van der Waals surface area (Å²) in [7, 11) is 0. The van der Waals surface area contributed by atoms with E-state index in [1.165, 1.54) is 0 Å². The van der Waals surface area contributed by atoms with Crippen LogP contribution in [0.15, 0.2) is 24.3 Å². The molecular formula is C17H20N2O4. The highest BCUT2D eigenvalue weighted by Crippen LogP contribution is 2.25. The SMILES string of the molecule is CC(C)N1CCCC(C(=O)ON2C(=O)c3ccccc3C2=O)C1. The molecule has 6 heteroatoms. The van der Waals surface area contributed by atoms with E-state index in [1.807, 2.05) is 0 Å². The molecule has 0 aromatic heterocycles. The maximum atomic E-state index is 12.4. The lowest BCUT2D eigenvalue weighted by Gasteiger charge is -2.34. The molecule has 2 amide bonds. The molecule has 1 saturated heterocycles. The molecular weight excluding hydrogens is 296 g/mol. The maximum Gasteiger partial charge on any atom is 0.337 e. The Bertz CT molecular complexity index is 621. The third-order valence-corrected chi connectivity index (χ3v) is 4.45. The lowest BCUT2D eigenvalue weighted by Crippen LogP contribution is -2.44. The van der Waals surface area contributed by atoms with E-state index >= 15 is 0 Å². The van der Waals surface area contributed by atoms with Gasteiger partial charge in [0.25, 0.3) is 11.8 Å². The molecule has 0 saturated carbocycles. The second-order valence-corrected chi connectivity index (χ2v) is 6.29. The highest BCUT2D eigenvalue weighted by atomic mass is 16.7. The average molecular weight is 316 g/mol. The molecule has 1 atom stereocenters. The van der Waals surface area contributed by atoms with Crippen molar-refractivity contribution in [3.63, 3.8) is 0 Å². The average Bonchev–Trinajstić information content (AvgIpc) is 2.80. The minimum absolute atomic E-state index is 0.276. The first-order chi connectivity index (χ1) is 11.0. The topological polar surface area (TPSA) is 66.9 Å². The lowest BCUT2D eigenvalue weighted by atomic mass is 9.97. The van der Waals surface area contributed by atoms with Crippen LogP contribution >= 0.6 is 0 Å². The van der Waals surface area contributed by atoms with E-state index in [9.17, 15) is 14.4 Å². The Morgan fingerprint density at radius 1 is 1.17 bits per heavy atom. The molecule has 1 aromatic carbocycles. The standard InChI is InChI=1S/C17H20N2O4/c1-11(2)18-9-5-6-12(10-18)17(22)23-19-15(20)13-7-3-4-8-14(13)16(19)21/h3-4,7-8,11-12H,5-6,9-10H2,1-2H3. The quantitative estimate of drug-likeness (QED) is 0.796. The van der Waals surface area contributed by atoms with E-state index < -0.39 is 17.8 Å². The van der Waals surface area contributed by atoms with Crippen LogP contribution in [-0.2, 0) is 9.63 Å². The van der Waals surface area contributed by atoms with Crippen molar-refractivity contribution >= 4 is 17.8 Å². The van der Waals surface area contributed by atoms with E-state index in [4.69, 9.17) is 4.84 Å². The van der Waals surface area contributed by atoms with Crippen LogP contribution in [0.1, 0.15) is 47.4 Å². The van der Waals surface area contributed by atoms with Gasteiger partial charge >= 0.3 is 5.97 Å². The number of likely N-dealkylation sites (tertiary alicyclic amines) is 1. The van der Waals surface area contributed by atoms with Gasteiger partial charge in [-0.05, 0) is 45.4 Å². The fraction of sp³-hybridized carbons (Fsp3) is 0.471. The van der Waals surface area contributed by atoms with Crippen LogP contribution in [0.5, 0.6) is 0 Å². The molecule has 0 bridgehead atoms. The van der Waals surface area contributed by atoms with Gasteiger partial charge < -0.3 is 9.74 Å². The molecule has 23 heavy (non-hydrogen) atoms. The summed E-state index contributed by atoms with van der Waals surface area (Å²) >= 11 is 0. The molecule has 2 aliphatic rings. The molecule has 3 rings (SSSR count). The molecule has 6 nitrogen and oxygen atoms in total. The second kappa shape index (κ2) is 6.12. The number of nitrogens with zero attached hydrogens (tertiary/aromatic N) is 2. The van der Waals surface area contributed by atoms with Gasteiger partial charge in [0.2, 0.25) is 0 Å². The molecule has 1 fully saturated rings. The third-order valence-electron chi connectivity index (χ3n) is 4.45. The van der Waals surface area contributed by atoms with Crippen molar-refractivity contribution in [2.24, 2.45) is 5.92 Å². The van der Waals surface area contributed by atoms with Crippen LogP contribution in [0.2, 0.25) is 0 Å². The minimum Gasteiger partial charge on any atom is -0.329 e. The van der Waals surface area contributed by atoms with Crippen LogP contribution in [0.3, 0.4) is 0 Å². The number of imide groups is 1. The molecule has 0 spiro atoms. The summed E-state index contributed by atoms with van der Waals surface area (Å²) < 4.78 is 0. The molecule has 1 unspecified atom stereocenters. The van der Waals surface area contributed by atoms with E-state index in [0.717, 1.165) is 13.0 Å². The molecule has 1 aromatic rings. The van der Waals surface area contributed by atoms with Gasteiger partial charge in [0.05, 0.1) is 17.0 Å². The Hall–Kier alpha value is -2.21. The normalized spacial score (nSPS) is 21.7. The molecule has 122 valence electrons. The summed E-state index contributed by atoms with van der Waals surface area (Å²) in [6.07, 6.45) is 1.62. The molecule has 0 aliphatic carbocycles. The van der Waals surface area contributed by atoms with Crippen molar-refractivity contribution < 1.29 is 19.2 Å². The Morgan fingerprint density at radius 2 is 1.78 bits per heavy atom. The van der Waals surface area contributed by atoms with Crippen molar-refractivity contribution in [3.05, 3.63) is 35.4 Å². The van der Waals surface area contributed by atoms with E-state index in [-0.39, 0.29) is 17.0 Å². The van der Waals surface area contributed by atoms with E-state index in [2.05, 4.69) is 18.7 Å². The van der Waals surface area contributed by atoms with Gasteiger partial charge in [-0.2, -0.15) is 0 Å². The van der Waals surface area contributed by atoms with Gasteiger partial charge in [-0.25, -0.2) is 4.79 Å². The first kappa shape index (κ1) is 15.7. The zero-order valence-corrected chi connectivity index (χ0v) is 13.3. The number of hydrogen-bond donors (Lipinski definition) is 0. The predicted octanol–water partition coefficient (Wildman–Crippen LogP) is 1.86. The summed E-state index contributed by atoms with van der Waals surface area (Å²) in [6, 6.07) is 6.83. The predicted molar refractivity (Wildman–Crippen MR) is 82.5 cm³/mol. The number of rotatable bonds is 3. The zero-order valence-electron chi connectivity index (χ0n) is 13.3. The van der Waals surface area contributed by atoms with Gasteiger partial charge in [0.15, 0.2) is 0 Å². The summed E-state index contributed by atoms with van der Waals surface area (Å²) in [5.41, 5.74) is 0.551. The summed E-state index contributed by atoms with van der Waals surface area (Å²) in [4.78, 5) is 44.2. The second-order valence-electron chi connectivity index (χ2n) is 6.29. The Morgan fingerprint density at radius 3 is 2.35 bits per heavy atom. The van der Waals surface area contributed by atoms with Gasteiger partial charge in [0, 0.05) is 12.6 Å². The van der Waals surface area contributed by atoms with Crippen molar-refractivity contribution in [2.75, 3.05) is 13.1 Å². The van der Waals surface area contributed by atoms with Crippen LogP contribution in [0.4, 0.5) is 0 Å². The van der Waals surface area contributed by atoms with Crippen molar-refractivity contribution in [2.45, 2.75) is 32.7 Å². The minimum atomic E-state index is -0.574. The van der Waals surface area contributed by atoms with Crippen molar-refractivity contribution in [1.29, 1.82) is 0 Å². The fourth-order valence-corrected chi connectivity index (χ4v) is 3.08. The van der Waals surface area contributed by atoms with Crippen molar-refractivity contribution in [1.82, 2.24) is 9.96 Å². The largest absolute Gasteiger partial charge is 0.337 e. The zero-order chi connectivity index (χ0) is 16.6. The van der Waals surface area contributed by atoms with Gasteiger partial charge in [-0.3, -0.25) is 9.59 Å². The van der Waals surface area contributed by atoms with Crippen LogP contribution in [0.25, 0.3) is 0 Å². The third kappa shape index (κ3) is 2.86. The summed E-state index contributed by atoms with van der Waals surface area (Å²) in [5, 5.41) is 0.599. The van der Waals surface area contributed by atoms with Gasteiger partial charge in [-0.15, -0.1) is 0 Å². The maximum absolute atomic E-state index is 12.4. The highest BCUT2D eigenvalue weighted by molar-refractivity contribution is 6.20. The van der Waals surface area contributed by atoms with Crippen LogP contribution in [-0.4, -0.2) is 46.9 Å². The van der Waals surface area contributed by atoms with E-state index in [0.29, 0.717) is 24.1 Å². The number of benzene rings is 1. The molecule has 0 radical (unpaired) electrons. The number of carbonyl (C=O) groups is 3. The first-order valence-electron chi connectivity index (χ1n) is 7.92. The van der Waals surface area contributed by atoms with Gasteiger partial charge in [0.1, 0.15) is 0 Å². The number of carbonyl (C=O) groups excluding carboxylic acids is 3. The highest BCUT2D eigenvalue weighted by Gasteiger charge is 2.40. The lowest BCUT2D eigenvalue weighted by molar-refractivity contribution is -0.175. The fourth-order valence-electron chi connectivity index (χ4n) is 3.08. The number of piperidine rings is 1. The van der Waals surface area contributed by atoms with Crippen molar-refractivity contribution in [3.8, 4) is 0 Å². The smallest absolute Gasteiger partial charge is 0.329 e. The monoisotopic (exact) mass is 316 g/mol. The number of fused-ring (bicyclic) bond motifs is 1. The van der Waals surface area contributed by atoms with Gasteiger partial charge in [-0.1, -0.05) is 17.2 Å². The Balaban J connectivity index is 1.69.